The van der Waals surface area contributed by atoms with Crippen molar-refractivity contribution in [2.75, 3.05) is 11.5 Å². The van der Waals surface area contributed by atoms with E-state index >= 15 is 0 Å². The number of ether oxygens (including phenoxy) is 1. The van der Waals surface area contributed by atoms with Gasteiger partial charge in [0.2, 0.25) is 0 Å². The van der Waals surface area contributed by atoms with Crippen molar-refractivity contribution >= 4 is 44.9 Å². The zero-order valence-electron chi connectivity index (χ0n) is 10.4. The van der Waals surface area contributed by atoms with E-state index < -0.39 is 5.97 Å². The molecule has 104 valence electrons. The Hall–Kier alpha value is -1.72. The number of hydrogen-bond acceptors (Lipinski definition) is 4. The molecule has 0 heterocycles. The molecule has 2 rings (SSSR count). The maximum Gasteiger partial charge on any atom is 0.338 e. The van der Waals surface area contributed by atoms with E-state index in [1.165, 1.54) is 12.1 Å². The summed E-state index contributed by atoms with van der Waals surface area (Å²) in [6.07, 6.45) is 0. The second kappa shape index (κ2) is 6.15. The summed E-state index contributed by atoms with van der Waals surface area (Å²) < 4.78 is 6.06. The molecule has 4 N–H and O–H groups in total. The van der Waals surface area contributed by atoms with Crippen LogP contribution in [-0.2, 0) is 11.3 Å². The molecule has 0 radical (unpaired) electrons. The van der Waals surface area contributed by atoms with Gasteiger partial charge in [0.25, 0.3) is 0 Å². The Morgan fingerprint density at radius 2 is 1.80 bits per heavy atom. The van der Waals surface area contributed by atoms with E-state index in [1.54, 1.807) is 18.2 Å². The number of hydrogen-bond donors (Lipinski definition) is 2. The minimum absolute atomic E-state index is 0.0830. The number of rotatable bonds is 3. The lowest BCUT2D eigenvalue weighted by molar-refractivity contribution is 0.0473. The van der Waals surface area contributed by atoms with E-state index in [-0.39, 0.29) is 6.61 Å². The third kappa shape index (κ3) is 3.65. The fraction of sp³-hybridized carbons (Fsp3) is 0.0714. The summed E-state index contributed by atoms with van der Waals surface area (Å²) in [5.41, 5.74) is 13.1. The zero-order chi connectivity index (χ0) is 14.7. The molecule has 6 heteroatoms. The average Bonchev–Trinajstić information content (AvgIpc) is 2.36. The third-order valence-electron chi connectivity index (χ3n) is 2.59. The van der Waals surface area contributed by atoms with Crippen molar-refractivity contribution in [3.63, 3.8) is 0 Å². The highest BCUT2D eigenvalue weighted by Gasteiger charge is 2.10. The van der Waals surface area contributed by atoms with Gasteiger partial charge in [0.15, 0.2) is 0 Å². The number of carbonyl (C=O) groups is 1. The normalized spacial score (nSPS) is 10.3. The van der Waals surface area contributed by atoms with Crippen LogP contribution in [0.5, 0.6) is 0 Å². The van der Waals surface area contributed by atoms with Crippen LogP contribution in [0.1, 0.15) is 15.9 Å². The van der Waals surface area contributed by atoms with Gasteiger partial charge in [-0.1, -0.05) is 33.6 Å². The van der Waals surface area contributed by atoms with Crippen LogP contribution in [0.2, 0.25) is 5.02 Å². The smallest absolute Gasteiger partial charge is 0.338 e. The minimum atomic E-state index is -0.497. The molecule has 0 unspecified atom stereocenters. The Balaban J connectivity index is 2.08. The van der Waals surface area contributed by atoms with E-state index in [1.807, 2.05) is 6.07 Å². The summed E-state index contributed by atoms with van der Waals surface area (Å²) >= 11 is 9.36. The molecular formula is C14H12BrClN2O2. The SMILES string of the molecule is Nc1cc(N)cc(C(=O)OCc2ccc(Br)cc2Cl)c1. The van der Waals surface area contributed by atoms with Gasteiger partial charge >= 0.3 is 5.97 Å². The molecule has 0 saturated carbocycles. The summed E-state index contributed by atoms with van der Waals surface area (Å²) in [6.45, 7) is 0.0830. The average molecular weight is 356 g/mol. The molecule has 0 saturated heterocycles. The first kappa shape index (κ1) is 14.7. The molecule has 0 fully saturated rings. The first-order chi connectivity index (χ1) is 9.45. The maximum absolute atomic E-state index is 11.9. The van der Waals surface area contributed by atoms with Crippen molar-refractivity contribution in [1.29, 1.82) is 0 Å². The fourth-order valence-electron chi connectivity index (χ4n) is 1.66. The summed E-state index contributed by atoms with van der Waals surface area (Å²) in [5.74, 6) is -0.497. The Morgan fingerprint density at radius 1 is 1.15 bits per heavy atom. The molecule has 20 heavy (non-hydrogen) atoms. The highest BCUT2D eigenvalue weighted by Crippen LogP contribution is 2.22. The first-order valence-electron chi connectivity index (χ1n) is 5.73. The van der Waals surface area contributed by atoms with Crippen molar-refractivity contribution in [2.45, 2.75) is 6.61 Å². The van der Waals surface area contributed by atoms with Crippen molar-refractivity contribution in [1.82, 2.24) is 0 Å². The number of anilines is 2. The zero-order valence-corrected chi connectivity index (χ0v) is 12.7. The van der Waals surface area contributed by atoms with Crippen LogP contribution < -0.4 is 11.5 Å². The molecular weight excluding hydrogens is 344 g/mol. The van der Waals surface area contributed by atoms with Gasteiger partial charge in [-0.25, -0.2) is 4.79 Å². The van der Waals surface area contributed by atoms with Gasteiger partial charge in [-0.2, -0.15) is 0 Å². The molecule has 0 aliphatic heterocycles. The van der Waals surface area contributed by atoms with Crippen LogP contribution in [0.15, 0.2) is 40.9 Å². The standard InChI is InChI=1S/C14H12BrClN2O2/c15-10-2-1-8(13(16)5-10)7-20-14(19)9-3-11(17)6-12(18)4-9/h1-6H,7,17-18H2. The quantitative estimate of drug-likeness (QED) is 0.651. The molecule has 0 aliphatic rings. The highest BCUT2D eigenvalue weighted by molar-refractivity contribution is 9.10. The molecule has 0 aromatic heterocycles. The van der Waals surface area contributed by atoms with E-state index in [4.69, 9.17) is 27.8 Å². The largest absolute Gasteiger partial charge is 0.457 e. The minimum Gasteiger partial charge on any atom is -0.457 e. The first-order valence-corrected chi connectivity index (χ1v) is 6.90. The van der Waals surface area contributed by atoms with E-state index in [0.29, 0.717) is 22.0 Å². The molecule has 0 atom stereocenters. The molecule has 2 aromatic rings. The summed E-state index contributed by atoms with van der Waals surface area (Å²) in [4.78, 5) is 11.9. The topological polar surface area (TPSA) is 78.3 Å². The number of benzene rings is 2. The van der Waals surface area contributed by atoms with Gasteiger partial charge in [0.1, 0.15) is 6.61 Å². The predicted molar refractivity (Wildman–Crippen MR) is 83.5 cm³/mol. The lowest BCUT2D eigenvalue weighted by atomic mass is 10.2. The fourth-order valence-corrected chi connectivity index (χ4v) is 2.39. The number of nitrogen functional groups attached to an aromatic ring is 2. The number of nitrogens with two attached hydrogens (primary N) is 2. The second-order valence-electron chi connectivity index (χ2n) is 4.20. The Bertz CT molecular complexity index is 641. The van der Waals surface area contributed by atoms with E-state index in [9.17, 15) is 4.79 Å². The van der Waals surface area contributed by atoms with Crippen LogP contribution >= 0.6 is 27.5 Å². The van der Waals surface area contributed by atoms with Crippen LogP contribution in [0, 0.1) is 0 Å². The van der Waals surface area contributed by atoms with Gasteiger partial charge in [-0.15, -0.1) is 0 Å². The molecule has 0 spiro atoms. The lowest BCUT2D eigenvalue weighted by Crippen LogP contribution is -2.07. The van der Waals surface area contributed by atoms with Gasteiger partial charge in [-0.05, 0) is 30.3 Å². The number of halogens is 2. The van der Waals surface area contributed by atoms with E-state index in [0.717, 1.165) is 10.0 Å². The number of esters is 1. The summed E-state index contributed by atoms with van der Waals surface area (Å²) in [6, 6.07) is 9.95. The second-order valence-corrected chi connectivity index (χ2v) is 5.52. The van der Waals surface area contributed by atoms with Gasteiger partial charge < -0.3 is 16.2 Å². The van der Waals surface area contributed by atoms with Crippen molar-refractivity contribution < 1.29 is 9.53 Å². The maximum atomic E-state index is 11.9. The molecule has 0 amide bonds. The van der Waals surface area contributed by atoms with Crippen LogP contribution in [0.3, 0.4) is 0 Å². The van der Waals surface area contributed by atoms with Crippen molar-refractivity contribution in [3.05, 3.63) is 57.0 Å². The van der Waals surface area contributed by atoms with Gasteiger partial charge in [-0.3, -0.25) is 0 Å². The van der Waals surface area contributed by atoms with Crippen LogP contribution in [-0.4, -0.2) is 5.97 Å². The number of carbonyl (C=O) groups excluding carboxylic acids is 1. The van der Waals surface area contributed by atoms with E-state index in [2.05, 4.69) is 15.9 Å². The predicted octanol–water partition coefficient (Wildman–Crippen LogP) is 3.62. The van der Waals surface area contributed by atoms with Crippen LogP contribution in [0.25, 0.3) is 0 Å². The van der Waals surface area contributed by atoms with Gasteiger partial charge in [0, 0.05) is 26.4 Å². The Labute approximate surface area is 129 Å². The van der Waals surface area contributed by atoms with Crippen molar-refractivity contribution in [2.24, 2.45) is 0 Å². The van der Waals surface area contributed by atoms with Crippen LogP contribution in [0.4, 0.5) is 11.4 Å². The van der Waals surface area contributed by atoms with Gasteiger partial charge in [0.05, 0.1) is 5.56 Å². The lowest BCUT2D eigenvalue weighted by Gasteiger charge is -2.08. The third-order valence-corrected chi connectivity index (χ3v) is 3.43. The monoisotopic (exact) mass is 354 g/mol. The molecule has 0 bridgehead atoms. The Kier molecular flexibility index (Phi) is 4.52. The highest BCUT2D eigenvalue weighted by atomic mass is 79.9. The van der Waals surface area contributed by atoms with Crippen molar-refractivity contribution in [3.8, 4) is 0 Å². The Morgan fingerprint density at radius 3 is 2.40 bits per heavy atom. The summed E-state index contributed by atoms with van der Waals surface area (Å²) in [7, 11) is 0. The molecule has 2 aromatic carbocycles. The molecule has 0 aliphatic carbocycles. The summed E-state index contributed by atoms with van der Waals surface area (Å²) in [5, 5.41) is 0.527. The molecule has 4 nitrogen and oxygen atoms in total.